The Labute approximate surface area is 141 Å². The molecule has 0 heterocycles. The predicted molar refractivity (Wildman–Crippen MR) is 90.0 cm³/mol. The minimum absolute atomic E-state index is 0.224. The molecular weight excluding hydrogens is 296 g/mol. The fourth-order valence-electron chi connectivity index (χ4n) is 1.58. The van der Waals surface area contributed by atoms with Gasteiger partial charge >= 0.3 is 11.9 Å². The lowest BCUT2D eigenvalue weighted by Gasteiger charge is -2.26. The molecule has 5 nitrogen and oxygen atoms in total. The van der Waals surface area contributed by atoms with Crippen molar-refractivity contribution < 1.29 is 23.8 Å². The van der Waals surface area contributed by atoms with E-state index in [0.717, 1.165) is 0 Å². The summed E-state index contributed by atoms with van der Waals surface area (Å²) in [4.78, 5) is 24.4. The maximum atomic E-state index is 12.2. The third-order valence-electron chi connectivity index (χ3n) is 3.12. The fourth-order valence-corrected chi connectivity index (χ4v) is 1.58. The van der Waals surface area contributed by atoms with Crippen molar-refractivity contribution in [1.29, 1.82) is 0 Å². The summed E-state index contributed by atoms with van der Waals surface area (Å²) in [5.74, 6) is -0.354. The molecular formula is C18H34O5. The highest BCUT2D eigenvalue weighted by Crippen LogP contribution is 2.23. The van der Waals surface area contributed by atoms with Crippen LogP contribution in [0.25, 0.3) is 0 Å². The molecule has 0 bridgehead atoms. The molecule has 23 heavy (non-hydrogen) atoms. The SMILES string of the molecule is CC(C)COCC(C)(C)C(=O)OC(=O)C(C)(C)COCC(C)C. The Balaban J connectivity index is 4.47. The molecule has 0 amide bonds. The van der Waals surface area contributed by atoms with Gasteiger partial charge < -0.3 is 14.2 Å². The molecule has 5 heteroatoms. The molecule has 0 atom stereocenters. The maximum absolute atomic E-state index is 12.2. The first-order valence-corrected chi connectivity index (χ1v) is 8.30. The van der Waals surface area contributed by atoms with E-state index in [1.165, 1.54) is 0 Å². The van der Waals surface area contributed by atoms with E-state index in [9.17, 15) is 9.59 Å². The van der Waals surface area contributed by atoms with Gasteiger partial charge in [-0.3, -0.25) is 9.59 Å². The molecule has 0 radical (unpaired) electrons. The van der Waals surface area contributed by atoms with Gasteiger partial charge in [0.15, 0.2) is 0 Å². The average Bonchev–Trinajstić information content (AvgIpc) is 2.36. The lowest BCUT2D eigenvalue weighted by Crippen LogP contribution is -2.39. The molecule has 0 N–H and O–H groups in total. The van der Waals surface area contributed by atoms with Gasteiger partial charge in [-0.1, -0.05) is 27.7 Å². The van der Waals surface area contributed by atoms with Gasteiger partial charge in [-0.05, 0) is 39.5 Å². The summed E-state index contributed by atoms with van der Waals surface area (Å²) in [6.07, 6.45) is 0. The summed E-state index contributed by atoms with van der Waals surface area (Å²) in [6.45, 7) is 16.6. The zero-order chi connectivity index (χ0) is 18.3. The van der Waals surface area contributed by atoms with Crippen LogP contribution in [0.1, 0.15) is 55.4 Å². The number of hydrogen-bond acceptors (Lipinski definition) is 5. The van der Waals surface area contributed by atoms with Crippen LogP contribution in [0.3, 0.4) is 0 Å². The number of esters is 2. The van der Waals surface area contributed by atoms with E-state index < -0.39 is 22.8 Å². The van der Waals surface area contributed by atoms with Crippen LogP contribution in [-0.2, 0) is 23.8 Å². The molecule has 0 saturated heterocycles. The van der Waals surface area contributed by atoms with Gasteiger partial charge in [0, 0.05) is 13.2 Å². The second-order valence-electron chi connectivity index (χ2n) is 8.26. The van der Waals surface area contributed by atoms with Crippen molar-refractivity contribution >= 4 is 11.9 Å². The topological polar surface area (TPSA) is 61.8 Å². The van der Waals surface area contributed by atoms with Crippen LogP contribution in [-0.4, -0.2) is 38.4 Å². The summed E-state index contributed by atoms with van der Waals surface area (Å²) >= 11 is 0. The Morgan fingerprint density at radius 2 is 1.04 bits per heavy atom. The quantitative estimate of drug-likeness (QED) is 0.453. The molecule has 0 spiro atoms. The first-order chi connectivity index (χ1) is 10.4. The molecule has 0 fully saturated rings. The van der Waals surface area contributed by atoms with Crippen LogP contribution in [0.2, 0.25) is 0 Å². The van der Waals surface area contributed by atoms with E-state index in [-0.39, 0.29) is 13.2 Å². The maximum Gasteiger partial charge on any atom is 0.321 e. The molecule has 0 aromatic rings. The van der Waals surface area contributed by atoms with Gasteiger partial charge in [0.2, 0.25) is 0 Å². The largest absolute Gasteiger partial charge is 0.392 e. The van der Waals surface area contributed by atoms with E-state index in [2.05, 4.69) is 0 Å². The molecule has 0 aromatic carbocycles. The molecule has 0 rings (SSSR count). The van der Waals surface area contributed by atoms with Crippen molar-refractivity contribution in [2.75, 3.05) is 26.4 Å². The Bertz CT molecular complexity index is 347. The van der Waals surface area contributed by atoms with Crippen LogP contribution in [0.5, 0.6) is 0 Å². The Hall–Kier alpha value is -0.940. The molecule has 0 aromatic heterocycles. The van der Waals surface area contributed by atoms with E-state index in [1.54, 1.807) is 27.7 Å². The van der Waals surface area contributed by atoms with Gasteiger partial charge in [-0.2, -0.15) is 0 Å². The summed E-state index contributed by atoms with van der Waals surface area (Å²) < 4.78 is 16.1. The molecule has 136 valence electrons. The summed E-state index contributed by atoms with van der Waals surface area (Å²) in [6, 6.07) is 0. The van der Waals surface area contributed by atoms with Gasteiger partial charge in [-0.15, -0.1) is 0 Å². The second kappa shape index (κ2) is 9.38. The Morgan fingerprint density at radius 3 is 1.30 bits per heavy atom. The lowest BCUT2D eigenvalue weighted by molar-refractivity contribution is -0.176. The average molecular weight is 330 g/mol. The van der Waals surface area contributed by atoms with Gasteiger partial charge in [-0.25, -0.2) is 0 Å². The van der Waals surface area contributed by atoms with Gasteiger partial charge in [0.25, 0.3) is 0 Å². The van der Waals surface area contributed by atoms with Crippen LogP contribution >= 0.6 is 0 Å². The molecule has 0 aliphatic rings. The van der Waals surface area contributed by atoms with Crippen molar-refractivity contribution in [2.24, 2.45) is 22.7 Å². The fraction of sp³-hybridized carbons (Fsp3) is 0.889. The molecule has 0 aliphatic heterocycles. The predicted octanol–water partition coefficient (Wildman–Crippen LogP) is 3.45. The smallest absolute Gasteiger partial charge is 0.321 e. The van der Waals surface area contributed by atoms with Crippen molar-refractivity contribution in [3.63, 3.8) is 0 Å². The van der Waals surface area contributed by atoms with Crippen molar-refractivity contribution in [3.05, 3.63) is 0 Å². The van der Waals surface area contributed by atoms with Crippen LogP contribution in [0.15, 0.2) is 0 Å². The number of ether oxygens (including phenoxy) is 3. The minimum atomic E-state index is -0.862. The highest BCUT2D eigenvalue weighted by molar-refractivity contribution is 5.91. The number of carbonyl (C=O) groups is 2. The Kier molecular flexibility index (Phi) is 9.00. The van der Waals surface area contributed by atoms with Gasteiger partial charge in [0.1, 0.15) is 0 Å². The van der Waals surface area contributed by atoms with E-state index in [4.69, 9.17) is 14.2 Å². The second-order valence-corrected chi connectivity index (χ2v) is 8.26. The van der Waals surface area contributed by atoms with Crippen molar-refractivity contribution in [3.8, 4) is 0 Å². The molecule has 0 unspecified atom stereocenters. The zero-order valence-corrected chi connectivity index (χ0v) is 16.0. The molecule has 0 aliphatic carbocycles. The number of rotatable bonds is 10. The molecule has 0 saturated carbocycles. The van der Waals surface area contributed by atoms with E-state index >= 15 is 0 Å². The first-order valence-electron chi connectivity index (χ1n) is 8.30. The van der Waals surface area contributed by atoms with Crippen molar-refractivity contribution in [2.45, 2.75) is 55.4 Å². The lowest BCUT2D eigenvalue weighted by atomic mass is 9.93. The van der Waals surface area contributed by atoms with Crippen LogP contribution in [0.4, 0.5) is 0 Å². The zero-order valence-electron chi connectivity index (χ0n) is 16.0. The first kappa shape index (κ1) is 22.1. The summed E-state index contributed by atoms with van der Waals surface area (Å²) in [5, 5.41) is 0. The monoisotopic (exact) mass is 330 g/mol. The summed E-state index contributed by atoms with van der Waals surface area (Å²) in [7, 11) is 0. The van der Waals surface area contributed by atoms with Crippen molar-refractivity contribution in [1.82, 2.24) is 0 Å². The highest BCUT2D eigenvalue weighted by atomic mass is 16.6. The van der Waals surface area contributed by atoms with E-state index in [0.29, 0.717) is 25.0 Å². The Morgan fingerprint density at radius 1 is 0.739 bits per heavy atom. The third kappa shape index (κ3) is 9.06. The minimum Gasteiger partial charge on any atom is -0.392 e. The number of carbonyl (C=O) groups excluding carboxylic acids is 2. The third-order valence-corrected chi connectivity index (χ3v) is 3.12. The normalized spacial score (nSPS) is 12.8. The number of hydrogen-bond donors (Lipinski definition) is 0. The summed E-state index contributed by atoms with van der Waals surface area (Å²) in [5.41, 5.74) is -1.72. The van der Waals surface area contributed by atoms with Gasteiger partial charge in [0.05, 0.1) is 24.0 Å². The van der Waals surface area contributed by atoms with E-state index in [1.807, 2.05) is 27.7 Å². The van der Waals surface area contributed by atoms with Crippen LogP contribution < -0.4 is 0 Å². The van der Waals surface area contributed by atoms with Crippen LogP contribution in [0, 0.1) is 22.7 Å². The standard InChI is InChI=1S/C18H34O5/c1-13(2)9-21-11-17(5,6)15(19)23-16(20)18(7,8)12-22-10-14(3)4/h13-14H,9-12H2,1-8H3. The highest BCUT2D eigenvalue weighted by Gasteiger charge is 2.37.